The summed E-state index contributed by atoms with van der Waals surface area (Å²) < 4.78 is 5.34. The van der Waals surface area contributed by atoms with Crippen molar-refractivity contribution in [1.82, 2.24) is 15.5 Å². The first-order valence-corrected chi connectivity index (χ1v) is 5.11. The minimum atomic E-state index is -0.0199. The van der Waals surface area contributed by atoms with Crippen molar-refractivity contribution in [3.63, 3.8) is 0 Å². The summed E-state index contributed by atoms with van der Waals surface area (Å²) in [5.74, 6) is 0.498. The number of hydrogen-bond donors (Lipinski definition) is 2. The van der Waals surface area contributed by atoms with Gasteiger partial charge in [-0.05, 0) is 0 Å². The average molecular weight is 227 g/mol. The van der Waals surface area contributed by atoms with Gasteiger partial charge in [-0.3, -0.25) is 4.79 Å². The first-order chi connectivity index (χ1) is 7.67. The summed E-state index contributed by atoms with van der Waals surface area (Å²) in [7, 11) is 3.40. The van der Waals surface area contributed by atoms with Crippen molar-refractivity contribution in [2.75, 3.05) is 32.1 Å². The van der Waals surface area contributed by atoms with Crippen LogP contribution in [-0.4, -0.2) is 43.3 Å². The summed E-state index contributed by atoms with van der Waals surface area (Å²) in [6.07, 6.45) is 0.956. The number of nitrogens with zero attached hydrogens (tertiary/aromatic N) is 3. The second-order valence-electron chi connectivity index (χ2n) is 3.36. The van der Waals surface area contributed by atoms with E-state index in [1.807, 2.05) is 0 Å². The highest BCUT2D eigenvalue weighted by molar-refractivity contribution is 5.76. The maximum Gasteiger partial charge on any atom is 0.317 e. The molecule has 1 aromatic heterocycles. The Balaban J connectivity index is 2.45. The summed E-state index contributed by atoms with van der Waals surface area (Å²) in [6, 6.07) is 0.410. The lowest BCUT2D eigenvalue weighted by molar-refractivity contribution is -0.120. The second kappa shape index (κ2) is 6.06. The Morgan fingerprint density at radius 2 is 2.31 bits per heavy atom. The molecule has 1 amide bonds. The summed E-state index contributed by atoms with van der Waals surface area (Å²) in [6.45, 7) is 1.01. The molecule has 0 aliphatic rings. The predicted molar refractivity (Wildman–Crippen MR) is 59.0 cm³/mol. The Morgan fingerprint density at radius 3 is 2.94 bits per heavy atom. The number of hydrogen-bond acceptors (Lipinski definition) is 6. The highest BCUT2D eigenvalue weighted by Crippen LogP contribution is 2.10. The molecule has 1 aromatic rings. The van der Waals surface area contributed by atoms with Crippen LogP contribution in [0.4, 0.5) is 6.01 Å². The number of nitrogens with one attached hydrogen (secondary N) is 1. The number of nitrogens with two attached hydrogens (primary N) is 1. The van der Waals surface area contributed by atoms with E-state index >= 15 is 0 Å². The third-order valence-corrected chi connectivity index (χ3v) is 2.09. The molecule has 1 rings (SSSR count). The van der Waals surface area contributed by atoms with Crippen molar-refractivity contribution in [3.8, 4) is 0 Å². The quantitative estimate of drug-likeness (QED) is 0.656. The van der Waals surface area contributed by atoms with E-state index in [4.69, 9.17) is 10.2 Å². The zero-order chi connectivity index (χ0) is 12.0. The molecule has 0 spiro atoms. The van der Waals surface area contributed by atoms with Crippen LogP contribution in [0, 0.1) is 0 Å². The molecule has 7 nitrogen and oxygen atoms in total. The Morgan fingerprint density at radius 1 is 1.56 bits per heavy atom. The highest BCUT2D eigenvalue weighted by atomic mass is 16.4. The van der Waals surface area contributed by atoms with E-state index in [9.17, 15) is 4.79 Å². The molecule has 0 unspecified atom stereocenters. The first kappa shape index (κ1) is 12.4. The molecular weight excluding hydrogens is 210 g/mol. The molecule has 7 heteroatoms. The minimum absolute atomic E-state index is 0.0199. The number of aromatic nitrogens is 2. The Kier molecular flexibility index (Phi) is 4.71. The second-order valence-corrected chi connectivity index (χ2v) is 3.36. The summed E-state index contributed by atoms with van der Waals surface area (Å²) in [5, 5.41) is 10.2. The van der Waals surface area contributed by atoms with Gasteiger partial charge in [-0.2, -0.15) is 0 Å². The molecule has 1 heterocycles. The topological polar surface area (TPSA) is 97.3 Å². The Bertz CT molecular complexity index is 338. The van der Waals surface area contributed by atoms with Crippen LogP contribution in [0.3, 0.4) is 0 Å². The van der Waals surface area contributed by atoms with E-state index in [-0.39, 0.29) is 5.91 Å². The van der Waals surface area contributed by atoms with E-state index < -0.39 is 0 Å². The maximum atomic E-state index is 11.0. The summed E-state index contributed by atoms with van der Waals surface area (Å²) in [5.41, 5.74) is 5.37. The third kappa shape index (κ3) is 3.50. The van der Waals surface area contributed by atoms with Gasteiger partial charge in [-0.15, -0.1) is 5.10 Å². The summed E-state index contributed by atoms with van der Waals surface area (Å²) in [4.78, 5) is 12.8. The lowest BCUT2D eigenvalue weighted by Gasteiger charge is -2.12. The van der Waals surface area contributed by atoms with Gasteiger partial charge in [0.15, 0.2) is 0 Å². The first-order valence-electron chi connectivity index (χ1n) is 5.11. The number of carbonyl (C=O) groups is 1. The molecule has 0 aliphatic heterocycles. The van der Waals surface area contributed by atoms with E-state index in [1.165, 1.54) is 0 Å². The average Bonchev–Trinajstić information content (AvgIpc) is 2.74. The lowest BCUT2D eigenvalue weighted by atomic mass is 10.4. The zero-order valence-corrected chi connectivity index (χ0v) is 9.56. The maximum absolute atomic E-state index is 11.0. The van der Waals surface area contributed by atoms with Gasteiger partial charge in [0, 0.05) is 40.0 Å². The molecular formula is C9H17N5O2. The van der Waals surface area contributed by atoms with Gasteiger partial charge in [0.2, 0.25) is 11.8 Å². The van der Waals surface area contributed by atoms with Gasteiger partial charge in [-0.1, -0.05) is 5.10 Å². The molecule has 0 aromatic carbocycles. The molecule has 0 atom stereocenters. The van der Waals surface area contributed by atoms with Crippen LogP contribution in [0.2, 0.25) is 0 Å². The van der Waals surface area contributed by atoms with E-state index in [0.717, 1.165) is 0 Å². The SMILES string of the molecule is CNC(=O)CCN(C)c1nnc(CCN)o1. The van der Waals surface area contributed by atoms with Gasteiger partial charge < -0.3 is 20.4 Å². The fraction of sp³-hybridized carbons (Fsp3) is 0.667. The van der Waals surface area contributed by atoms with Crippen LogP contribution in [0.15, 0.2) is 4.42 Å². The monoisotopic (exact) mass is 227 g/mol. The van der Waals surface area contributed by atoms with Crippen LogP contribution in [-0.2, 0) is 11.2 Å². The van der Waals surface area contributed by atoms with Crippen LogP contribution in [0.5, 0.6) is 0 Å². The molecule has 0 aliphatic carbocycles. The van der Waals surface area contributed by atoms with Crippen molar-refractivity contribution in [1.29, 1.82) is 0 Å². The van der Waals surface area contributed by atoms with Gasteiger partial charge in [0.25, 0.3) is 0 Å². The van der Waals surface area contributed by atoms with Crippen LogP contribution in [0.25, 0.3) is 0 Å². The van der Waals surface area contributed by atoms with Crippen LogP contribution < -0.4 is 16.0 Å². The fourth-order valence-corrected chi connectivity index (χ4v) is 1.11. The smallest absolute Gasteiger partial charge is 0.317 e. The van der Waals surface area contributed by atoms with E-state index in [1.54, 1.807) is 19.0 Å². The molecule has 0 radical (unpaired) electrons. The standard InChI is InChI=1S/C9H17N5O2/c1-11-7(15)4-6-14(2)9-13-12-8(16-9)3-5-10/h3-6,10H2,1-2H3,(H,11,15). The fourth-order valence-electron chi connectivity index (χ4n) is 1.11. The molecule has 90 valence electrons. The van der Waals surface area contributed by atoms with E-state index in [0.29, 0.717) is 37.8 Å². The molecule has 0 saturated carbocycles. The van der Waals surface area contributed by atoms with Gasteiger partial charge in [0.1, 0.15) is 0 Å². The number of carbonyl (C=O) groups excluding carboxylic acids is 1. The van der Waals surface area contributed by atoms with Crippen molar-refractivity contribution in [3.05, 3.63) is 5.89 Å². The highest BCUT2D eigenvalue weighted by Gasteiger charge is 2.11. The number of amides is 1. The van der Waals surface area contributed by atoms with Crippen LogP contribution in [0.1, 0.15) is 12.3 Å². The molecule has 16 heavy (non-hydrogen) atoms. The van der Waals surface area contributed by atoms with Gasteiger partial charge in [-0.25, -0.2) is 0 Å². The minimum Gasteiger partial charge on any atom is -0.408 e. The largest absolute Gasteiger partial charge is 0.408 e. The number of rotatable bonds is 6. The van der Waals surface area contributed by atoms with E-state index in [2.05, 4.69) is 15.5 Å². The molecule has 0 fully saturated rings. The van der Waals surface area contributed by atoms with Gasteiger partial charge >= 0.3 is 6.01 Å². The molecule has 0 saturated heterocycles. The molecule has 0 bridgehead atoms. The van der Waals surface area contributed by atoms with Crippen molar-refractivity contribution < 1.29 is 9.21 Å². The van der Waals surface area contributed by atoms with Crippen LogP contribution >= 0.6 is 0 Å². The lowest BCUT2D eigenvalue weighted by Crippen LogP contribution is -2.26. The Hall–Kier alpha value is -1.63. The Labute approximate surface area is 94.0 Å². The van der Waals surface area contributed by atoms with Crippen molar-refractivity contribution >= 4 is 11.9 Å². The molecule has 3 N–H and O–H groups in total. The summed E-state index contributed by atoms with van der Waals surface area (Å²) >= 11 is 0. The third-order valence-electron chi connectivity index (χ3n) is 2.09. The number of anilines is 1. The zero-order valence-electron chi connectivity index (χ0n) is 9.56. The normalized spacial score (nSPS) is 10.2. The van der Waals surface area contributed by atoms with Crippen molar-refractivity contribution in [2.45, 2.75) is 12.8 Å². The van der Waals surface area contributed by atoms with Gasteiger partial charge in [0.05, 0.1) is 0 Å². The predicted octanol–water partition coefficient (Wildman–Crippen LogP) is -0.857. The van der Waals surface area contributed by atoms with Crippen molar-refractivity contribution in [2.24, 2.45) is 5.73 Å².